The quantitative estimate of drug-likeness (QED) is 0.407. The maximum atomic E-state index is 12.3. The van der Waals surface area contributed by atoms with Gasteiger partial charge in [-0.1, -0.05) is 11.8 Å². The summed E-state index contributed by atoms with van der Waals surface area (Å²) in [6, 6.07) is 10.5. The van der Waals surface area contributed by atoms with Crippen LogP contribution in [0, 0.1) is 11.8 Å². The minimum absolute atomic E-state index is 0.0602. The summed E-state index contributed by atoms with van der Waals surface area (Å²) >= 11 is 0. The zero-order chi connectivity index (χ0) is 22.6. The predicted octanol–water partition coefficient (Wildman–Crippen LogP) is 1.51. The fraction of sp³-hybridized carbons (Fsp3) is 0.286. The number of rotatable bonds is 5. The van der Waals surface area contributed by atoms with Crippen molar-refractivity contribution in [2.75, 3.05) is 17.7 Å². The molecule has 1 aliphatic rings. The van der Waals surface area contributed by atoms with Crippen LogP contribution in [0.2, 0.25) is 0 Å². The fourth-order valence-electron chi connectivity index (χ4n) is 3.11. The first-order valence-electron chi connectivity index (χ1n) is 9.28. The van der Waals surface area contributed by atoms with Gasteiger partial charge in [-0.25, -0.2) is 18.7 Å². The molecule has 2 unspecified atom stereocenters. The molecule has 0 spiro atoms. The van der Waals surface area contributed by atoms with Gasteiger partial charge in [0.15, 0.2) is 14.6 Å². The molecule has 162 valence electrons. The number of hydroxylamine groups is 1. The number of pyridine rings is 1. The zero-order valence-electron chi connectivity index (χ0n) is 16.9. The molecule has 0 bridgehead atoms. The second-order valence-corrected chi connectivity index (χ2v) is 9.74. The summed E-state index contributed by atoms with van der Waals surface area (Å²) < 4.78 is 27.6. The van der Waals surface area contributed by atoms with Crippen LogP contribution in [0.25, 0.3) is 0 Å². The molecule has 2 aromatic rings. The van der Waals surface area contributed by atoms with Gasteiger partial charge in [-0.15, -0.1) is 0 Å². The van der Waals surface area contributed by atoms with Crippen molar-refractivity contribution in [3.63, 3.8) is 0 Å². The van der Waals surface area contributed by atoms with Crippen LogP contribution in [0.5, 0.6) is 0 Å². The monoisotopic (exact) mass is 443 g/mol. The van der Waals surface area contributed by atoms with Gasteiger partial charge in [-0.3, -0.25) is 19.9 Å². The van der Waals surface area contributed by atoms with Crippen LogP contribution in [0.3, 0.4) is 0 Å². The van der Waals surface area contributed by atoms with Crippen molar-refractivity contribution < 1.29 is 28.0 Å². The number of anilines is 1. The highest BCUT2D eigenvalue weighted by atomic mass is 32.2. The van der Waals surface area contributed by atoms with Crippen LogP contribution in [0.15, 0.2) is 48.8 Å². The molecule has 2 N–H and O–H groups in total. The molecule has 0 saturated carbocycles. The number of carbonyl (C=O) groups is 2. The third-order valence-electron chi connectivity index (χ3n) is 5.10. The highest BCUT2D eigenvalue weighted by Gasteiger charge is 2.48. The topological polar surface area (TPSA) is 126 Å². The SMILES string of the molecule is CC(CC1CN(c2ccc(C#Cc3ccncc3)cc2)C(=O)O1)(C(=O)NO)S(C)(=O)=O. The van der Waals surface area contributed by atoms with Crippen LogP contribution >= 0.6 is 0 Å². The van der Waals surface area contributed by atoms with Crippen molar-refractivity contribution in [1.29, 1.82) is 0 Å². The number of ether oxygens (including phenoxy) is 1. The third kappa shape index (κ3) is 4.84. The highest BCUT2D eigenvalue weighted by Crippen LogP contribution is 2.30. The molecule has 1 saturated heterocycles. The summed E-state index contributed by atoms with van der Waals surface area (Å²) in [5.41, 5.74) is 3.50. The van der Waals surface area contributed by atoms with Gasteiger partial charge in [0.1, 0.15) is 6.10 Å². The Kier molecular flexibility index (Phi) is 6.29. The minimum atomic E-state index is -3.90. The van der Waals surface area contributed by atoms with E-state index in [0.29, 0.717) is 5.69 Å². The van der Waals surface area contributed by atoms with E-state index in [1.165, 1.54) is 17.3 Å². The Morgan fingerprint density at radius 1 is 1.23 bits per heavy atom. The molecular formula is C21H21N3O6S. The standard InChI is InChI=1S/C21H21N3O6S/c1-21(19(25)23-27,31(2,28)29)13-18-14-24(20(26)30-18)17-7-5-15(6-8-17)3-4-16-9-11-22-12-10-16/h5-12,18,27H,13-14H2,1-2H3,(H,23,25). The normalized spacial score (nSPS) is 17.8. The van der Waals surface area contributed by atoms with E-state index in [-0.39, 0.29) is 13.0 Å². The minimum Gasteiger partial charge on any atom is -0.444 e. The molecule has 1 fully saturated rings. The summed E-state index contributed by atoms with van der Waals surface area (Å²) in [5.74, 6) is 4.95. The lowest BCUT2D eigenvalue weighted by atomic mass is 10.0. The van der Waals surface area contributed by atoms with E-state index in [0.717, 1.165) is 17.4 Å². The molecule has 9 nitrogen and oxygen atoms in total. The highest BCUT2D eigenvalue weighted by molar-refractivity contribution is 7.92. The van der Waals surface area contributed by atoms with E-state index in [1.807, 2.05) is 0 Å². The average Bonchev–Trinajstić information content (AvgIpc) is 3.11. The summed E-state index contributed by atoms with van der Waals surface area (Å²) in [4.78, 5) is 29.6. The van der Waals surface area contributed by atoms with Gasteiger partial charge in [0.05, 0.1) is 6.54 Å². The van der Waals surface area contributed by atoms with Crippen molar-refractivity contribution in [1.82, 2.24) is 10.5 Å². The molecule has 1 aromatic heterocycles. The Balaban J connectivity index is 1.73. The molecule has 0 aliphatic carbocycles. The summed E-state index contributed by atoms with van der Waals surface area (Å²) in [7, 11) is -3.90. The summed E-state index contributed by atoms with van der Waals surface area (Å²) in [6.07, 6.45) is 2.40. The largest absolute Gasteiger partial charge is 0.444 e. The number of carbonyl (C=O) groups excluding carboxylic acids is 2. The van der Waals surface area contributed by atoms with Gasteiger partial charge >= 0.3 is 6.09 Å². The second kappa shape index (κ2) is 8.75. The predicted molar refractivity (Wildman–Crippen MR) is 112 cm³/mol. The van der Waals surface area contributed by atoms with Gasteiger partial charge < -0.3 is 4.74 Å². The molecular weight excluding hydrogens is 422 g/mol. The van der Waals surface area contributed by atoms with Crippen molar-refractivity contribution in [2.45, 2.75) is 24.2 Å². The number of hydrogen-bond acceptors (Lipinski definition) is 7. The Bertz CT molecular complexity index is 1140. The molecule has 10 heteroatoms. The van der Waals surface area contributed by atoms with Gasteiger partial charge in [-0.2, -0.15) is 0 Å². The Morgan fingerprint density at radius 3 is 2.35 bits per heavy atom. The van der Waals surface area contributed by atoms with E-state index >= 15 is 0 Å². The molecule has 0 radical (unpaired) electrons. The van der Waals surface area contributed by atoms with E-state index in [1.54, 1.807) is 48.8 Å². The number of benzene rings is 1. The van der Waals surface area contributed by atoms with Gasteiger partial charge in [0.2, 0.25) is 0 Å². The van der Waals surface area contributed by atoms with Gasteiger partial charge in [-0.05, 0) is 43.3 Å². The molecule has 2 amide bonds. The van der Waals surface area contributed by atoms with Crippen LogP contribution in [-0.4, -0.2) is 54.3 Å². The lowest BCUT2D eigenvalue weighted by Crippen LogP contribution is -2.51. The maximum Gasteiger partial charge on any atom is 0.414 e. The number of nitrogens with one attached hydrogen (secondary N) is 1. The van der Waals surface area contributed by atoms with E-state index in [2.05, 4.69) is 16.8 Å². The Morgan fingerprint density at radius 2 is 1.81 bits per heavy atom. The van der Waals surface area contributed by atoms with Crippen molar-refractivity contribution in [3.05, 3.63) is 59.9 Å². The van der Waals surface area contributed by atoms with Crippen LogP contribution < -0.4 is 10.4 Å². The first kappa shape index (κ1) is 22.3. The number of hydrogen-bond donors (Lipinski definition) is 2. The van der Waals surface area contributed by atoms with Gasteiger partial charge in [0.25, 0.3) is 5.91 Å². The molecule has 2 heterocycles. The van der Waals surface area contributed by atoms with Crippen molar-refractivity contribution in [2.24, 2.45) is 0 Å². The molecule has 31 heavy (non-hydrogen) atoms. The van der Waals surface area contributed by atoms with Crippen LogP contribution in [0.4, 0.5) is 10.5 Å². The van der Waals surface area contributed by atoms with Gasteiger partial charge in [0, 0.05) is 41.9 Å². The summed E-state index contributed by atoms with van der Waals surface area (Å²) in [5, 5.41) is 8.94. The smallest absolute Gasteiger partial charge is 0.414 e. The lowest BCUT2D eigenvalue weighted by Gasteiger charge is -2.26. The molecule has 3 rings (SSSR count). The van der Waals surface area contributed by atoms with Crippen LogP contribution in [-0.2, 0) is 19.4 Å². The van der Waals surface area contributed by atoms with E-state index in [9.17, 15) is 18.0 Å². The molecule has 1 aromatic carbocycles. The van der Waals surface area contributed by atoms with Crippen molar-refractivity contribution in [3.8, 4) is 11.8 Å². The van der Waals surface area contributed by atoms with Crippen molar-refractivity contribution >= 4 is 27.5 Å². The first-order chi connectivity index (χ1) is 14.6. The number of sulfone groups is 1. The Hall–Kier alpha value is -3.42. The number of nitrogens with zero attached hydrogens (tertiary/aromatic N) is 2. The third-order valence-corrected chi connectivity index (χ3v) is 7.09. The first-order valence-corrected chi connectivity index (χ1v) is 11.2. The van der Waals surface area contributed by atoms with E-state index < -0.39 is 32.7 Å². The number of aromatic nitrogens is 1. The average molecular weight is 443 g/mol. The Labute approximate surface area is 179 Å². The lowest BCUT2D eigenvalue weighted by molar-refractivity contribution is -0.132. The number of amides is 2. The summed E-state index contributed by atoms with van der Waals surface area (Å²) in [6.45, 7) is 1.24. The number of cyclic esters (lactones) is 1. The fourth-order valence-corrected chi connectivity index (χ4v) is 3.98. The maximum absolute atomic E-state index is 12.3. The second-order valence-electron chi connectivity index (χ2n) is 7.30. The molecule has 1 aliphatic heterocycles. The zero-order valence-corrected chi connectivity index (χ0v) is 17.7. The van der Waals surface area contributed by atoms with E-state index in [4.69, 9.17) is 9.94 Å². The van der Waals surface area contributed by atoms with Crippen LogP contribution in [0.1, 0.15) is 24.5 Å². The molecule has 2 atom stereocenters.